The van der Waals surface area contributed by atoms with Gasteiger partial charge in [-0.1, -0.05) is 9.39 Å². The Kier molecular flexibility index (Phi) is 3.18. The zero-order chi connectivity index (χ0) is 6.73. The maximum absolute atomic E-state index is 10.5. The Morgan fingerprint density at radius 2 is 2.12 bits per heavy atom. The summed E-state index contributed by atoms with van der Waals surface area (Å²) < 4.78 is 1.81. The van der Waals surface area contributed by atoms with Crippen molar-refractivity contribution < 1.29 is 4.79 Å². The molecule has 8 heavy (non-hydrogen) atoms. The van der Waals surface area contributed by atoms with E-state index in [2.05, 4.69) is 9.39 Å². The summed E-state index contributed by atoms with van der Waals surface area (Å²) in [5.74, 6) is 0.197. The van der Waals surface area contributed by atoms with Gasteiger partial charge in [0.15, 0.2) is 0 Å². The lowest BCUT2D eigenvalue weighted by molar-refractivity contribution is -0.119. The molecule has 0 aromatic heterocycles. The van der Waals surface area contributed by atoms with Gasteiger partial charge < -0.3 is 0 Å². The minimum Gasteiger partial charge on any atom is -0.298 e. The SMILES string of the molecule is CC(=O)C(C)N(C)P. The zero-order valence-electron chi connectivity index (χ0n) is 5.51. The van der Waals surface area contributed by atoms with Gasteiger partial charge in [-0.3, -0.25) is 9.46 Å². The Bertz CT molecular complexity index is 92.4. The first-order chi connectivity index (χ1) is 3.55. The van der Waals surface area contributed by atoms with Crippen LogP contribution in [0.15, 0.2) is 0 Å². The van der Waals surface area contributed by atoms with E-state index in [1.54, 1.807) is 6.92 Å². The third-order valence-electron chi connectivity index (χ3n) is 1.20. The van der Waals surface area contributed by atoms with Crippen LogP contribution in [-0.2, 0) is 4.79 Å². The maximum atomic E-state index is 10.5. The lowest BCUT2D eigenvalue weighted by atomic mass is 10.2. The van der Waals surface area contributed by atoms with Crippen LogP contribution in [0.25, 0.3) is 0 Å². The summed E-state index contributed by atoms with van der Waals surface area (Å²) in [5, 5.41) is 0. The molecule has 0 spiro atoms. The van der Waals surface area contributed by atoms with E-state index in [4.69, 9.17) is 0 Å². The smallest absolute Gasteiger partial charge is 0.146 e. The number of carbonyl (C=O) groups is 1. The number of ketones is 1. The third-order valence-corrected chi connectivity index (χ3v) is 1.65. The number of carbonyl (C=O) groups excluding carboxylic acids is 1. The van der Waals surface area contributed by atoms with E-state index >= 15 is 0 Å². The average molecular weight is 133 g/mol. The van der Waals surface area contributed by atoms with Crippen LogP contribution in [0.1, 0.15) is 13.8 Å². The minimum atomic E-state index is 0.0278. The Morgan fingerprint density at radius 3 is 2.12 bits per heavy atom. The van der Waals surface area contributed by atoms with E-state index in [-0.39, 0.29) is 11.8 Å². The van der Waals surface area contributed by atoms with Gasteiger partial charge in [0.25, 0.3) is 0 Å². The first-order valence-corrected chi connectivity index (χ1v) is 3.05. The fourth-order valence-electron chi connectivity index (χ4n) is 0.287. The predicted octanol–water partition coefficient (Wildman–Crippen LogP) is 0.686. The monoisotopic (exact) mass is 133 g/mol. The van der Waals surface area contributed by atoms with Gasteiger partial charge in [0.05, 0.1) is 6.04 Å². The third kappa shape index (κ3) is 2.39. The molecule has 3 heteroatoms. The Labute approximate surface area is 52.5 Å². The minimum absolute atomic E-state index is 0.0278. The van der Waals surface area contributed by atoms with Gasteiger partial charge in [-0.15, -0.1) is 0 Å². The molecule has 0 saturated heterocycles. The van der Waals surface area contributed by atoms with Gasteiger partial charge in [0, 0.05) is 0 Å². The normalized spacial score (nSPS) is 14.1. The highest BCUT2D eigenvalue weighted by Crippen LogP contribution is 2.01. The van der Waals surface area contributed by atoms with Crippen LogP contribution < -0.4 is 0 Å². The molecule has 0 heterocycles. The Hall–Kier alpha value is 0.0600. The van der Waals surface area contributed by atoms with Gasteiger partial charge in [-0.05, 0) is 20.9 Å². The first kappa shape index (κ1) is 8.06. The van der Waals surface area contributed by atoms with Crippen LogP contribution in [0, 0.1) is 0 Å². The lowest BCUT2D eigenvalue weighted by Gasteiger charge is -2.14. The van der Waals surface area contributed by atoms with Crippen molar-refractivity contribution in [3.63, 3.8) is 0 Å². The summed E-state index contributed by atoms with van der Waals surface area (Å²) in [6.45, 7) is 3.46. The predicted molar refractivity (Wildman–Crippen MR) is 37.6 cm³/mol. The highest BCUT2D eigenvalue weighted by molar-refractivity contribution is 7.13. The molecule has 48 valence electrons. The molecule has 2 unspecified atom stereocenters. The van der Waals surface area contributed by atoms with E-state index in [1.165, 1.54) is 0 Å². The fourth-order valence-corrected chi connectivity index (χ4v) is 0.497. The van der Waals surface area contributed by atoms with Crippen LogP contribution >= 0.6 is 9.39 Å². The average Bonchev–Trinajstić information content (AvgIpc) is 1.64. The molecule has 0 aliphatic carbocycles. The molecule has 0 aliphatic rings. The maximum Gasteiger partial charge on any atom is 0.146 e. The van der Waals surface area contributed by atoms with E-state index in [0.717, 1.165) is 0 Å². The molecule has 2 nitrogen and oxygen atoms in total. The van der Waals surface area contributed by atoms with Crippen molar-refractivity contribution in [2.24, 2.45) is 0 Å². The van der Waals surface area contributed by atoms with Crippen molar-refractivity contribution in [3.05, 3.63) is 0 Å². The van der Waals surface area contributed by atoms with Crippen molar-refractivity contribution >= 4 is 15.2 Å². The number of nitrogens with zero attached hydrogens (tertiary/aromatic N) is 1. The van der Waals surface area contributed by atoms with E-state index in [9.17, 15) is 4.79 Å². The molecule has 0 aromatic rings. The van der Waals surface area contributed by atoms with Gasteiger partial charge in [0.1, 0.15) is 5.78 Å². The Balaban J connectivity index is 3.64. The standard InChI is InChI=1S/C5H12NOP/c1-4(5(2)7)6(3)8/h4H,8H2,1-3H3. The van der Waals surface area contributed by atoms with Gasteiger partial charge in [0.2, 0.25) is 0 Å². The summed E-state index contributed by atoms with van der Waals surface area (Å²) in [6, 6.07) is 0.0278. The molecule has 0 N–H and O–H groups in total. The molecule has 0 rings (SSSR count). The number of rotatable bonds is 2. The molecule has 0 fully saturated rings. The largest absolute Gasteiger partial charge is 0.298 e. The van der Waals surface area contributed by atoms with E-state index in [0.29, 0.717) is 0 Å². The topological polar surface area (TPSA) is 20.3 Å². The van der Waals surface area contributed by atoms with Gasteiger partial charge in [-0.2, -0.15) is 0 Å². The number of hydrogen-bond donors (Lipinski definition) is 0. The summed E-state index contributed by atoms with van der Waals surface area (Å²) in [4.78, 5) is 10.5. The van der Waals surface area contributed by atoms with Crippen molar-refractivity contribution in [3.8, 4) is 0 Å². The second kappa shape index (κ2) is 3.16. The fraction of sp³-hybridized carbons (Fsp3) is 0.800. The number of Topliss-reactive ketones (excluding diaryl/α,β-unsaturated/α-hetero) is 1. The summed E-state index contributed by atoms with van der Waals surface area (Å²) in [5.41, 5.74) is 0. The molecular weight excluding hydrogens is 121 g/mol. The van der Waals surface area contributed by atoms with Crippen LogP contribution in [0.2, 0.25) is 0 Å². The summed E-state index contributed by atoms with van der Waals surface area (Å²) >= 11 is 0. The molecule has 0 aliphatic heterocycles. The lowest BCUT2D eigenvalue weighted by Crippen LogP contribution is -2.26. The molecular formula is C5H12NOP. The molecule has 0 bridgehead atoms. The Morgan fingerprint density at radius 1 is 1.75 bits per heavy atom. The second-order valence-electron chi connectivity index (χ2n) is 1.95. The quantitative estimate of drug-likeness (QED) is 0.516. The van der Waals surface area contributed by atoms with Gasteiger partial charge in [-0.25, -0.2) is 0 Å². The van der Waals surface area contributed by atoms with Crippen molar-refractivity contribution in [1.29, 1.82) is 0 Å². The highest BCUT2D eigenvalue weighted by Gasteiger charge is 2.07. The van der Waals surface area contributed by atoms with Crippen molar-refractivity contribution in [2.45, 2.75) is 19.9 Å². The summed E-state index contributed by atoms with van der Waals surface area (Å²) in [7, 11) is 4.31. The van der Waals surface area contributed by atoms with Gasteiger partial charge >= 0.3 is 0 Å². The first-order valence-electron chi connectivity index (χ1n) is 2.53. The molecule has 2 atom stereocenters. The van der Waals surface area contributed by atoms with E-state index in [1.807, 2.05) is 18.6 Å². The van der Waals surface area contributed by atoms with Crippen molar-refractivity contribution in [1.82, 2.24) is 4.67 Å². The number of likely N-dealkylation sites (N-methyl/N-ethyl adjacent to an activating group) is 1. The van der Waals surface area contributed by atoms with Crippen LogP contribution in [0.4, 0.5) is 0 Å². The van der Waals surface area contributed by atoms with Crippen LogP contribution in [-0.4, -0.2) is 23.5 Å². The molecule has 0 saturated carbocycles. The van der Waals surface area contributed by atoms with Crippen LogP contribution in [0.5, 0.6) is 0 Å². The van der Waals surface area contributed by atoms with Crippen molar-refractivity contribution in [2.75, 3.05) is 7.05 Å². The number of hydrogen-bond acceptors (Lipinski definition) is 2. The molecule has 0 amide bonds. The van der Waals surface area contributed by atoms with E-state index < -0.39 is 0 Å². The van der Waals surface area contributed by atoms with Crippen LogP contribution in [0.3, 0.4) is 0 Å². The highest BCUT2D eigenvalue weighted by atomic mass is 31.0. The second-order valence-corrected chi connectivity index (χ2v) is 2.77. The molecule has 0 radical (unpaired) electrons. The molecule has 0 aromatic carbocycles. The zero-order valence-corrected chi connectivity index (χ0v) is 6.66. The summed E-state index contributed by atoms with van der Waals surface area (Å²) in [6.07, 6.45) is 0.